The SMILES string of the molecule is CCCn1ccnc(NCCCCCCl)c1=O. The van der Waals surface area contributed by atoms with Crippen LogP contribution >= 0.6 is 11.6 Å². The molecule has 1 N–H and O–H groups in total. The molecule has 0 aliphatic rings. The molecule has 0 bridgehead atoms. The summed E-state index contributed by atoms with van der Waals surface area (Å²) in [6.45, 7) is 3.56. The van der Waals surface area contributed by atoms with Crippen LogP contribution in [0.1, 0.15) is 32.6 Å². The Labute approximate surface area is 107 Å². The van der Waals surface area contributed by atoms with E-state index in [0.717, 1.165) is 38.8 Å². The Kier molecular flexibility index (Phi) is 6.70. The first kappa shape index (κ1) is 14.0. The molecule has 0 spiro atoms. The second kappa shape index (κ2) is 8.12. The summed E-state index contributed by atoms with van der Waals surface area (Å²) in [7, 11) is 0. The summed E-state index contributed by atoms with van der Waals surface area (Å²) < 4.78 is 1.69. The molecule has 0 saturated heterocycles. The Hall–Kier alpha value is -1.03. The Bertz CT molecular complexity index is 378. The minimum atomic E-state index is -0.0355. The Morgan fingerprint density at radius 2 is 2.24 bits per heavy atom. The van der Waals surface area contributed by atoms with Crippen LogP contribution in [-0.2, 0) is 6.54 Å². The molecule has 4 nitrogen and oxygen atoms in total. The van der Waals surface area contributed by atoms with E-state index in [1.165, 1.54) is 0 Å². The van der Waals surface area contributed by atoms with Crippen molar-refractivity contribution in [2.24, 2.45) is 0 Å². The van der Waals surface area contributed by atoms with Gasteiger partial charge in [0.2, 0.25) is 0 Å². The number of aromatic nitrogens is 2. The van der Waals surface area contributed by atoms with E-state index in [2.05, 4.69) is 10.3 Å². The second-order valence-corrected chi connectivity index (χ2v) is 4.33. The summed E-state index contributed by atoms with van der Waals surface area (Å²) in [5.41, 5.74) is -0.0355. The summed E-state index contributed by atoms with van der Waals surface area (Å²) in [5.74, 6) is 1.15. The minimum Gasteiger partial charge on any atom is -0.365 e. The lowest BCUT2D eigenvalue weighted by atomic mass is 10.2. The molecule has 0 fully saturated rings. The average molecular weight is 258 g/mol. The Morgan fingerprint density at radius 1 is 1.41 bits per heavy atom. The van der Waals surface area contributed by atoms with Gasteiger partial charge in [0.25, 0.3) is 5.56 Å². The van der Waals surface area contributed by atoms with Crippen LogP contribution in [0.25, 0.3) is 0 Å². The molecular weight excluding hydrogens is 238 g/mol. The molecule has 96 valence electrons. The summed E-state index contributed by atoms with van der Waals surface area (Å²) in [6.07, 6.45) is 7.44. The predicted molar refractivity (Wildman–Crippen MR) is 71.8 cm³/mol. The van der Waals surface area contributed by atoms with Gasteiger partial charge in [-0.3, -0.25) is 4.79 Å². The number of rotatable bonds is 8. The summed E-state index contributed by atoms with van der Waals surface area (Å²) in [5, 5.41) is 3.08. The highest BCUT2D eigenvalue weighted by Gasteiger charge is 2.02. The summed E-state index contributed by atoms with van der Waals surface area (Å²) in [4.78, 5) is 16.0. The molecule has 17 heavy (non-hydrogen) atoms. The van der Waals surface area contributed by atoms with E-state index in [9.17, 15) is 4.79 Å². The molecule has 0 amide bonds. The van der Waals surface area contributed by atoms with E-state index >= 15 is 0 Å². The highest BCUT2D eigenvalue weighted by atomic mass is 35.5. The Morgan fingerprint density at radius 3 is 2.94 bits per heavy atom. The lowest BCUT2D eigenvalue weighted by molar-refractivity contribution is 0.648. The number of aryl methyl sites for hydroxylation is 1. The van der Waals surface area contributed by atoms with Gasteiger partial charge in [0.15, 0.2) is 5.82 Å². The van der Waals surface area contributed by atoms with Crippen molar-refractivity contribution in [2.75, 3.05) is 17.7 Å². The quantitative estimate of drug-likeness (QED) is 0.575. The van der Waals surface area contributed by atoms with Gasteiger partial charge in [0, 0.05) is 31.4 Å². The molecule has 1 heterocycles. The lowest BCUT2D eigenvalue weighted by Crippen LogP contribution is -2.24. The highest BCUT2D eigenvalue weighted by Crippen LogP contribution is 1.99. The van der Waals surface area contributed by atoms with Crippen LogP contribution < -0.4 is 10.9 Å². The van der Waals surface area contributed by atoms with Gasteiger partial charge >= 0.3 is 0 Å². The third-order valence-corrected chi connectivity index (χ3v) is 2.75. The molecule has 0 saturated carbocycles. The zero-order valence-electron chi connectivity index (χ0n) is 10.3. The average Bonchev–Trinajstić information content (AvgIpc) is 2.33. The highest BCUT2D eigenvalue weighted by molar-refractivity contribution is 6.17. The summed E-state index contributed by atoms with van der Waals surface area (Å²) in [6, 6.07) is 0. The van der Waals surface area contributed by atoms with E-state index in [4.69, 9.17) is 11.6 Å². The first-order valence-electron chi connectivity index (χ1n) is 6.15. The molecule has 1 rings (SSSR count). The third-order valence-electron chi connectivity index (χ3n) is 2.48. The molecule has 0 aliphatic carbocycles. The van der Waals surface area contributed by atoms with Gasteiger partial charge in [-0.2, -0.15) is 0 Å². The lowest BCUT2D eigenvalue weighted by Gasteiger charge is -2.07. The molecule has 0 atom stereocenters. The number of hydrogen-bond donors (Lipinski definition) is 1. The molecule has 0 unspecified atom stereocenters. The van der Waals surface area contributed by atoms with Gasteiger partial charge in [0.05, 0.1) is 0 Å². The number of anilines is 1. The summed E-state index contributed by atoms with van der Waals surface area (Å²) >= 11 is 5.59. The van der Waals surface area contributed by atoms with Crippen LogP contribution in [0.5, 0.6) is 0 Å². The van der Waals surface area contributed by atoms with Crippen molar-refractivity contribution < 1.29 is 0 Å². The standard InChI is InChI=1S/C12H20ClN3O/c1-2-9-16-10-8-15-11(12(16)17)14-7-5-3-4-6-13/h8,10H,2-7,9H2,1H3,(H,14,15). The van der Waals surface area contributed by atoms with E-state index in [-0.39, 0.29) is 5.56 Å². The van der Waals surface area contributed by atoms with Gasteiger partial charge in [0.1, 0.15) is 0 Å². The molecule has 0 radical (unpaired) electrons. The van der Waals surface area contributed by atoms with E-state index in [1.54, 1.807) is 17.0 Å². The number of nitrogens with one attached hydrogen (secondary N) is 1. The zero-order valence-corrected chi connectivity index (χ0v) is 11.0. The van der Waals surface area contributed by atoms with Crippen LogP contribution in [0.15, 0.2) is 17.2 Å². The smallest absolute Gasteiger partial charge is 0.293 e. The minimum absolute atomic E-state index is 0.0355. The van der Waals surface area contributed by atoms with Crippen molar-refractivity contribution in [3.05, 3.63) is 22.7 Å². The van der Waals surface area contributed by atoms with Gasteiger partial charge in [-0.05, 0) is 19.3 Å². The zero-order chi connectivity index (χ0) is 12.5. The fourth-order valence-corrected chi connectivity index (χ4v) is 1.78. The van der Waals surface area contributed by atoms with Crippen molar-refractivity contribution in [3.63, 3.8) is 0 Å². The monoisotopic (exact) mass is 257 g/mol. The fraction of sp³-hybridized carbons (Fsp3) is 0.667. The van der Waals surface area contributed by atoms with Crippen LogP contribution in [0.2, 0.25) is 0 Å². The third kappa shape index (κ3) is 4.77. The predicted octanol–water partition coefficient (Wildman–Crippen LogP) is 2.47. The van der Waals surface area contributed by atoms with Crippen molar-refractivity contribution in [3.8, 4) is 0 Å². The normalized spacial score (nSPS) is 10.5. The van der Waals surface area contributed by atoms with Crippen LogP contribution in [0, 0.1) is 0 Å². The van der Waals surface area contributed by atoms with Crippen molar-refractivity contribution in [1.29, 1.82) is 0 Å². The number of halogens is 1. The molecule has 1 aromatic rings. The maximum atomic E-state index is 11.9. The molecule has 0 aromatic carbocycles. The first-order valence-corrected chi connectivity index (χ1v) is 6.68. The molecule has 1 aromatic heterocycles. The first-order chi connectivity index (χ1) is 8.29. The van der Waals surface area contributed by atoms with E-state index < -0.39 is 0 Å². The number of hydrogen-bond acceptors (Lipinski definition) is 3. The maximum Gasteiger partial charge on any atom is 0.293 e. The second-order valence-electron chi connectivity index (χ2n) is 3.95. The van der Waals surface area contributed by atoms with Gasteiger partial charge in [-0.15, -0.1) is 11.6 Å². The van der Waals surface area contributed by atoms with Crippen molar-refractivity contribution in [1.82, 2.24) is 9.55 Å². The topological polar surface area (TPSA) is 46.9 Å². The largest absolute Gasteiger partial charge is 0.365 e. The molecule has 0 aliphatic heterocycles. The molecule has 5 heteroatoms. The Balaban J connectivity index is 2.48. The van der Waals surface area contributed by atoms with Crippen LogP contribution in [0.4, 0.5) is 5.82 Å². The fourth-order valence-electron chi connectivity index (χ4n) is 1.59. The number of unbranched alkanes of at least 4 members (excludes halogenated alkanes) is 2. The van der Waals surface area contributed by atoms with Crippen LogP contribution in [0.3, 0.4) is 0 Å². The van der Waals surface area contributed by atoms with Gasteiger partial charge in [-0.1, -0.05) is 13.3 Å². The number of alkyl halides is 1. The maximum absolute atomic E-state index is 11.9. The van der Waals surface area contributed by atoms with Crippen molar-refractivity contribution >= 4 is 17.4 Å². The van der Waals surface area contributed by atoms with Crippen LogP contribution in [-0.4, -0.2) is 22.0 Å². The van der Waals surface area contributed by atoms with Gasteiger partial charge < -0.3 is 9.88 Å². The van der Waals surface area contributed by atoms with Gasteiger partial charge in [-0.25, -0.2) is 4.98 Å². The van der Waals surface area contributed by atoms with Crippen molar-refractivity contribution in [2.45, 2.75) is 39.2 Å². The molecular formula is C12H20ClN3O. The van der Waals surface area contributed by atoms with E-state index in [1.807, 2.05) is 6.92 Å². The van der Waals surface area contributed by atoms with E-state index in [0.29, 0.717) is 11.7 Å². The number of nitrogens with zero attached hydrogens (tertiary/aromatic N) is 2.